The SMILES string of the molecule is O=C(CSc1nnc(-c2cccc(Cl)c2)n1-c1ccccc1C(F)(F)F)N1CCCC1. The van der Waals surface area contributed by atoms with Crippen LogP contribution in [0.2, 0.25) is 5.02 Å². The minimum absolute atomic E-state index is 0.0644. The number of amides is 1. The molecule has 4 rings (SSSR count). The van der Waals surface area contributed by atoms with Crippen molar-refractivity contribution in [2.45, 2.75) is 24.2 Å². The number of carbonyl (C=O) groups excluding carboxylic acids is 1. The Morgan fingerprint density at radius 1 is 1.06 bits per heavy atom. The van der Waals surface area contributed by atoms with Gasteiger partial charge in [-0.05, 0) is 37.1 Å². The summed E-state index contributed by atoms with van der Waals surface area (Å²) in [5, 5.41) is 8.89. The number of aromatic nitrogens is 3. The third kappa shape index (κ3) is 4.72. The van der Waals surface area contributed by atoms with E-state index in [0.717, 1.165) is 30.7 Å². The van der Waals surface area contributed by atoms with E-state index in [1.54, 1.807) is 29.2 Å². The first-order valence-corrected chi connectivity index (χ1v) is 11.0. The van der Waals surface area contributed by atoms with Gasteiger partial charge in [-0.2, -0.15) is 13.2 Å². The van der Waals surface area contributed by atoms with Gasteiger partial charge in [0.15, 0.2) is 11.0 Å². The fourth-order valence-corrected chi connectivity index (χ4v) is 4.53. The monoisotopic (exact) mass is 466 g/mol. The van der Waals surface area contributed by atoms with Crippen molar-refractivity contribution in [3.8, 4) is 17.1 Å². The van der Waals surface area contributed by atoms with Crippen LogP contribution < -0.4 is 0 Å². The Morgan fingerprint density at radius 3 is 2.52 bits per heavy atom. The van der Waals surface area contributed by atoms with E-state index in [9.17, 15) is 18.0 Å². The van der Waals surface area contributed by atoms with Crippen molar-refractivity contribution >= 4 is 29.3 Å². The van der Waals surface area contributed by atoms with Crippen LogP contribution in [0.4, 0.5) is 13.2 Å². The largest absolute Gasteiger partial charge is 0.418 e. The van der Waals surface area contributed by atoms with Crippen molar-refractivity contribution in [3.63, 3.8) is 0 Å². The number of hydrogen-bond donors (Lipinski definition) is 0. The number of carbonyl (C=O) groups is 1. The lowest BCUT2D eigenvalue weighted by Gasteiger charge is -2.17. The molecule has 31 heavy (non-hydrogen) atoms. The van der Waals surface area contributed by atoms with Gasteiger partial charge >= 0.3 is 6.18 Å². The van der Waals surface area contributed by atoms with Gasteiger partial charge in [0.1, 0.15) is 0 Å². The minimum Gasteiger partial charge on any atom is -0.342 e. The molecule has 0 N–H and O–H groups in total. The molecule has 1 amide bonds. The molecule has 0 spiro atoms. The van der Waals surface area contributed by atoms with E-state index in [1.165, 1.54) is 22.8 Å². The van der Waals surface area contributed by atoms with E-state index in [-0.39, 0.29) is 28.3 Å². The molecule has 1 aromatic heterocycles. The van der Waals surface area contributed by atoms with Crippen molar-refractivity contribution in [1.29, 1.82) is 0 Å². The van der Waals surface area contributed by atoms with Crippen molar-refractivity contribution in [1.82, 2.24) is 19.7 Å². The molecule has 3 aromatic rings. The standard InChI is InChI=1S/C21H18ClF3N4OS/c22-15-7-5-6-14(12-15)19-26-27-20(31-13-18(30)28-10-3-4-11-28)29(19)17-9-2-1-8-16(17)21(23,24)25/h1-2,5-9,12H,3-4,10-11,13H2. The number of hydrogen-bond acceptors (Lipinski definition) is 4. The quantitative estimate of drug-likeness (QED) is 0.477. The van der Waals surface area contributed by atoms with Crippen LogP contribution >= 0.6 is 23.4 Å². The summed E-state index contributed by atoms with van der Waals surface area (Å²) in [5.41, 5.74) is -0.397. The van der Waals surface area contributed by atoms with Gasteiger partial charge in [0.25, 0.3) is 0 Å². The van der Waals surface area contributed by atoms with E-state index >= 15 is 0 Å². The Labute approximate surface area is 186 Å². The maximum absolute atomic E-state index is 13.7. The van der Waals surface area contributed by atoms with Crippen molar-refractivity contribution < 1.29 is 18.0 Å². The van der Waals surface area contributed by atoms with Gasteiger partial charge in [0.05, 0.1) is 17.0 Å². The summed E-state index contributed by atoms with van der Waals surface area (Å²) >= 11 is 7.16. The summed E-state index contributed by atoms with van der Waals surface area (Å²) < 4.78 is 42.6. The zero-order chi connectivity index (χ0) is 22.0. The molecule has 0 bridgehead atoms. The first-order valence-electron chi connectivity index (χ1n) is 9.63. The molecular formula is C21H18ClF3N4OS. The molecule has 162 valence electrons. The van der Waals surface area contributed by atoms with Crippen LogP contribution in [-0.4, -0.2) is 44.4 Å². The number of halogens is 4. The zero-order valence-electron chi connectivity index (χ0n) is 16.3. The first kappa shape index (κ1) is 21.7. The van der Waals surface area contributed by atoms with Crippen molar-refractivity contribution in [2.75, 3.05) is 18.8 Å². The number of rotatable bonds is 5. The van der Waals surface area contributed by atoms with Gasteiger partial charge in [-0.3, -0.25) is 9.36 Å². The second-order valence-corrected chi connectivity index (χ2v) is 8.42. The Hall–Kier alpha value is -2.52. The second kappa shape index (κ2) is 8.92. The van der Waals surface area contributed by atoms with E-state index in [1.807, 2.05) is 0 Å². The van der Waals surface area contributed by atoms with Crippen LogP contribution in [-0.2, 0) is 11.0 Å². The maximum Gasteiger partial charge on any atom is 0.418 e. The molecule has 1 aliphatic heterocycles. The fourth-order valence-electron chi connectivity index (χ4n) is 3.49. The van der Waals surface area contributed by atoms with E-state index in [4.69, 9.17) is 11.6 Å². The summed E-state index contributed by atoms with van der Waals surface area (Å²) in [4.78, 5) is 14.2. The molecule has 0 aliphatic carbocycles. The molecule has 1 saturated heterocycles. The van der Waals surface area contributed by atoms with Gasteiger partial charge in [0.2, 0.25) is 5.91 Å². The predicted molar refractivity (Wildman–Crippen MR) is 113 cm³/mol. The number of alkyl halides is 3. The zero-order valence-corrected chi connectivity index (χ0v) is 17.8. The fraction of sp³-hybridized carbons (Fsp3) is 0.286. The van der Waals surface area contributed by atoms with E-state index < -0.39 is 11.7 Å². The van der Waals surface area contributed by atoms with E-state index in [0.29, 0.717) is 23.7 Å². The molecule has 0 atom stereocenters. The van der Waals surface area contributed by atoms with Crippen LogP contribution in [0.25, 0.3) is 17.1 Å². The summed E-state index contributed by atoms with van der Waals surface area (Å²) in [5.74, 6) is 0.225. The molecule has 5 nitrogen and oxygen atoms in total. The highest BCUT2D eigenvalue weighted by Gasteiger charge is 2.35. The Bertz CT molecular complexity index is 1100. The van der Waals surface area contributed by atoms with E-state index in [2.05, 4.69) is 10.2 Å². The summed E-state index contributed by atoms with van der Waals surface area (Å²) in [7, 11) is 0. The average molecular weight is 467 g/mol. The number of nitrogens with zero attached hydrogens (tertiary/aromatic N) is 4. The van der Waals surface area contributed by atoms with Crippen LogP contribution in [0.1, 0.15) is 18.4 Å². The summed E-state index contributed by atoms with van der Waals surface area (Å²) in [6, 6.07) is 11.9. The molecule has 2 aromatic carbocycles. The molecule has 2 heterocycles. The van der Waals surface area contributed by atoms with Crippen LogP contribution in [0.3, 0.4) is 0 Å². The maximum atomic E-state index is 13.7. The highest BCUT2D eigenvalue weighted by atomic mass is 35.5. The molecule has 0 radical (unpaired) electrons. The van der Waals surface area contributed by atoms with Gasteiger partial charge < -0.3 is 4.90 Å². The Morgan fingerprint density at radius 2 is 1.81 bits per heavy atom. The third-order valence-electron chi connectivity index (χ3n) is 4.95. The van der Waals surface area contributed by atoms with Crippen LogP contribution in [0.5, 0.6) is 0 Å². The molecular weight excluding hydrogens is 449 g/mol. The van der Waals surface area contributed by atoms with Crippen molar-refractivity contribution in [2.24, 2.45) is 0 Å². The highest BCUT2D eigenvalue weighted by molar-refractivity contribution is 7.99. The number of likely N-dealkylation sites (tertiary alicyclic amines) is 1. The Balaban J connectivity index is 1.77. The van der Waals surface area contributed by atoms with Gasteiger partial charge in [0, 0.05) is 23.7 Å². The predicted octanol–water partition coefficient (Wildman–Crippen LogP) is 5.32. The normalized spacial score (nSPS) is 14.3. The first-order chi connectivity index (χ1) is 14.8. The second-order valence-electron chi connectivity index (χ2n) is 7.04. The van der Waals surface area contributed by atoms with Crippen LogP contribution in [0.15, 0.2) is 53.7 Å². The minimum atomic E-state index is -4.57. The third-order valence-corrected chi connectivity index (χ3v) is 6.10. The lowest BCUT2D eigenvalue weighted by molar-refractivity contribution is -0.137. The molecule has 10 heteroatoms. The highest BCUT2D eigenvalue weighted by Crippen LogP contribution is 2.37. The topological polar surface area (TPSA) is 51.0 Å². The number of thioether (sulfide) groups is 1. The van der Waals surface area contributed by atoms with Gasteiger partial charge in [-0.25, -0.2) is 0 Å². The number of benzene rings is 2. The lowest BCUT2D eigenvalue weighted by atomic mass is 10.1. The summed E-state index contributed by atoms with van der Waals surface area (Å²) in [6.45, 7) is 1.41. The smallest absolute Gasteiger partial charge is 0.342 e. The van der Waals surface area contributed by atoms with Gasteiger partial charge in [-0.1, -0.05) is 47.6 Å². The molecule has 1 aliphatic rings. The van der Waals surface area contributed by atoms with Crippen molar-refractivity contribution in [3.05, 3.63) is 59.1 Å². The molecule has 0 unspecified atom stereocenters. The average Bonchev–Trinajstić information content (AvgIpc) is 3.41. The number of para-hydroxylation sites is 1. The lowest BCUT2D eigenvalue weighted by Crippen LogP contribution is -2.29. The van der Waals surface area contributed by atoms with Crippen LogP contribution in [0, 0.1) is 0 Å². The Kier molecular flexibility index (Phi) is 6.24. The summed E-state index contributed by atoms with van der Waals surface area (Å²) in [6.07, 6.45) is -2.64. The molecule has 0 saturated carbocycles. The molecule has 1 fully saturated rings. The van der Waals surface area contributed by atoms with Gasteiger partial charge in [-0.15, -0.1) is 10.2 Å².